The van der Waals surface area contributed by atoms with Crippen molar-refractivity contribution in [3.63, 3.8) is 0 Å². The van der Waals surface area contributed by atoms with Gasteiger partial charge < -0.3 is 10.1 Å². The minimum absolute atomic E-state index is 0.0591. The van der Waals surface area contributed by atoms with Crippen molar-refractivity contribution in [2.45, 2.75) is 26.3 Å². The van der Waals surface area contributed by atoms with Crippen LogP contribution in [0.5, 0.6) is 5.75 Å². The second-order valence-corrected chi connectivity index (χ2v) is 6.31. The molecule has 0 atom stereocenters. The molecule has 0 saturated carbocycles. The van der Waals surface area contributed by atoms with E-state index in [9.17, 15) is 4.79 Å². The minimum Gasteiger partial charge on any atom is -0.494 e. The SMILES string of the molecule is CCCCOc1ccc(-c2nnn(CC(=O)Nc3ccccc3Cl)n2)cc1. The fourth-order valence-corrected chi connectivity index (χ4v) is 2.52. The lowest BCUT2D eigenvalue weighted by Crippen LogP contribution is -2.20. The molecular weight excluding hydrogens is 366 g/mol. The van der Waals surface area contributed by atoms with E-state index in [1.807, 2.05) is 24.3 Å². The number of aromatic nitrogens is 4. The van der Waals surface area contributed by atoms with Crippen LogP contribution in [0.3, 0.4) is 0 Å². The van der Waals surface area contributed by atoms with Crippen LogP contribution in [0.25, 0.3) is 11.4 Å². The van der Waals surface area contributed by atoms with Gasteiger partial charge in [0, 0.05) is 5.56 Å². The zero-order valence-corrected chi connectivity index (χ0v) is 15.7. The summed E-state index contributed by atoms with van der Waals surface area (Å²) in [6.45, 7) is 2.76. The summed E-state index contributed by atoms with van der Waals surface area (Å²) in [4.78, 5) is 13.4. The number of unbranched alkanes of at least 4 members (excludes halogenated alkanes) is 1. The molecule has 27 heavy (non-hydrogen) atoms. The van der Waals surface area contributed by atoms with Gasteiger partial charge in [-0.05, 0) is 48.0 Å². The number of ether oxygens (including phenoxy) is 1. The maximum Gasteiger partial charge on any atom is 0.248 e. The van der Waals surface area contributed by atoms with E-state index < -0.39 is 0 Å². The molecule has 3 rings (SSSR count). The van der Waals surface area contributed by atoms with E-state index in [0.717, 1.165) is 24.2 Å². The summed E-state index contributed by atoms with van der Waals surface area (Å²) < 4.78 is 5.64. The van der Waals surface area contributed by atoms with E-state index in [1.54, 1.807) is 24.3 Å². The van der Waals surface area contributed by atoms with Crippen molar-refractivity contribution in [3.8, 4) is 17.1 Å². The van der Waals surface area contributed by atoms with Gasteiger partial charge in [-0.15, -0.1) is 10.2 Å². The van der Waals surface area contributed by atoms with Crippen LogP contribution in [-0.4, -0.2) is 32.7 Å². The van der Waals surface area contributed by atoms with Crippen molar-refractivity contribution < 1.29 is 9.53 Å². The molecule has 1 N–H and O–H groups in total. The third kappa shape index (κ3) is 5.27. The summed E-state index contributed by atoms with van der Waals surface area (Å²) in [6, 6.07) is 14.5. The molecule has 0 saturated heterocycles. The molecule has 0 bridgehead atoms. The predicted molar refractivity (Wildman–Crippen MR) is 104 cm³/mol. The molecule has 0 spiro atoms. The number of amides is 1. The lowest BCUT2D eigenvalue weighted by atomic mass is 10.2. The topological polar surface area (TPSA) is 81.9 Å². The first-order chi connectivity index (χ1) is 13.2. The minimum atomic E-state index is -0.285. The standard InChI is InChI=1S/C19H20ClN5O2/c1-2-3-12-27-15-10-8-14(9-11-15)19-22-24-25(23-19)13-18(26)21-17-7-5-4-6-16(17)20/h4-11H,2-3,12-13H2,1H3,(H,21,26). The summed E-state index contributed by atoms with van der Waals surface area (Å²) >= 11 is 6.03. The average Bonchev–Trinajstić information content (AvgIpc) is 3.13. The maximum absolute atomic E-state index is 12.1. The van der Waals surface area contributed by atoms with E-state index in [1.165, 1.54) is 4.80 Å². The maximum atomic E-state index is 12.1. The molecular formula is C19H20ClN5O2. The van der Waals surface area contributed by atoms with Crippen molar-refractivity contribution in [2.24, 2.45) is 0 Å². The largest absolute Gasteiger partial charge is 0.494 e. The van der Waals surface area contributed by atoms with Crippen LogP contribution in [-0.2, 0) is 11.3 Å². The number of carbonyl (C=O) groups excluding carboxylic acids is 1. The molecule has 2 aromatic carbocycles. The number of benzene rings is 2. The van der Waals surface area contributed by atoms with Crippen molar-refractivity contribution in [2.75, 3.05) is 11.9 Å². The Morgan fingerprint density at radius 2 is 1.96 bits per heavy atom. The summed E-state index contributed by atoms with van der Waals surface area (Å²) in [5, 5.41) is 15.4. The molecule has 1 aromatic heterocycles. The highest BCUT2D eigenvalue weighted by Crippen LogP contribution is 2.21. The molecule has 0 unspecified atom stereocenters. The van der Waals surface area contributed by atoms with Crippen molar-refractivity contribution in [1.29, 1.82) is 0 Å². The Kier molecular flexibility index (Phi) is 6.38. The number of nitrogens with zero attached hydrogens (tertiary/aromatic N) is 4. The van der Waals surface area contributed by atoms with Crippen LogP contribution in [0.4, 0.5) is 5.69 Å². The molecule has 3 aromatic rings. The number of tetrazole rings is 1. The van der Waals surface area contributed by atoms with Crippen LogP contribution in [0.2, 0.25) is 5.02 Å². The number of rotatable bonds is 8. The highest BCUT2D eigenvalue weighted by molar-refractivity contribution is 6.33. The number of anilines is 1. The second-order valence-electron chi connectivity index (χ2n) is 5.90. The third-order valence-electron chi connectivity index (χ3n) is 3.76. The van der Waals surface area contributed by atoms with Gasteiger partial charge in [-0.2, -0.15) is 4.80 Å². The summed E-state index contributed by atoms with van der Waals surface area (Å²) in [5.74, 6) is 0.964. The van der Waals surface area contributed by atoms with Crippen molar-refractivity contribution in [1.82, 2.24) is 20.2 Å². The lowest BCUT2D eigenvalue weighted by molar-refractivity contribution is -0.117. The van der Waals surface area contributed by atoms with E-state index in [4.69, 9.17) is 16.3 Å². The van der Waals surface area contributed by atoms with Crippen molar-refractivity contribution >= 4 is 23.2 Å². The van der Waals surface area contributed by atoms with Gasteiger partial charge in [0.25, 0.3) is 0 Å². The molecule has 7 nitrogen and oxygen atoms in total. The predicted octanol–water partition coefficient (Wildman–Crippen LogP) is 3.81. The number of hydrogen-bond donors (Lipinski definition) is 1. The number of nitrogens with one attached hydrogen (secondary N) is 1. The highest BCUT2D eigenvalue weighted by Gasteiger charge is 2.11. The van der Waals surface area contributed by atoms with Gasteiger partial charge in [-0.1, -0.05) is 37.1 Å². The molecule has 0 radical (unpaired) electrons. The number of halogens is 1. The number of para-hydroxylation sites is 1. The van der Waals surface area contributed by atoms with Crippen LogP contribution < -0.4 is 10.1 Å². The molecule has 1 heterocycles. The Morgan fingerprint density at radius 3 is 2.70 bits per heavy atom. The fraction of sp³-hybridized carbons (Fsp3) is 0.263. The average molecular weight is 386 g/mol. The number of hydrogen-bond acceptors (Lipinski definition) is 5. The third-order valence-corrected chi connectivity index (χ3v) is 4.09. The summed E-state index contributed by atoms with van der Waals surface area (Å²) in [5.41, 5.74) is 1.35. The van der Waals surface area contributed by atoms with E-state index in [-0.39, 0.29) is 12.5 Å². The second kappa shape index (κ2) is 9.14. The Labute approximate surface area is 162 Å². The van der Waals surface area contributed by atoms with Gasteiger partial charge in [0.2, 0.25) is 11.7 Å². The Hall–Kier alpha value is -2.93. The number of carbonyl (C=O) groups is 1. The smallest absolute Gasteiger partial charge is 0.248 e. The molecule has 1 amide bonds. The van der Waals surface area contributed by atoms with Gasteiger partial charge in [0.1, 0.15) is 12.3 Å². The lowest BCUT2D eigenvalue weighted by Gasteiger charge is -2.06. The quantitative estimate of drug-likeness (QED) is 0.596. The van der Waals surface area contributed by atoms with Gasteiger partial charge in [-0.3, -0.25) is 4.79 Å². The van der Waals surface area contributed by atoms with E-state index in [0.29, 0.717) is 23.1 Å². The first-order valence-electron chi connectivity index (χ1n) is 8.71. The van der Waals surface area contributed by atoms with Crippen LogP contribution >= 0.6 is 11.6 Å². The fourth-order valence-electron chi connectivity index (χ4n) is 2.34. The Morgan fingerprint density at radius 1 is 1.19 bits per heavy atom. The van der Waals surface area contributed by atoms with E-state index >= 15 is 0 Å². The van der Waals surface area contributed by atoms with Crippen LogP contribution in [0.15, 0.2) is 48.5 Å². The van der Waals surface area contributed by atoms with E-state index in [2.05, 4.69) is 27.7 Å². The van der Waals surface area contributed by atoms with Gasteiger partial charge in [0.05, 0.1) is 17.3 Å². The normalized spacial score (nSPS) is 10.6. The first kappa shape index (κ1) is 18.8. The highest BCUT2D eigenvalue weighted by atomic mass is 35.5. The molecule has 0 fully saturated rings. The molecule has 0 aliphatic heterocycles. The van der Waals surface area contributed by atoms with Gasteiger partial charge >= 0.3 is 0 Å². The first-order valence-corrected chi connectivity index (χ1v) is 9.09. The monoisotopic (exact) mass is 385 g/mol. The molecule has 0 aliphatic carbocycles. The molecule has 0 aliphatic rings. The van der Waals surface area contributed by atoms with Crippen LogP contribution in [0.1, 0.15) is 19.8 Å². The zero-order valence-electron chi connectivity index (χ0n) is 14.9. The summed E-state index contributed by atoms with van der Waals surface area (Å²) in [7, 11) is 0. The Balaban J connectivity index is 1.59. The molecule has 8 heteroatoms. The van der Waals surface area contributed by atoms with Gasteiger partial charge in [0.15, 0.2) is 0 Å². The Bertz CT molecular complexity index is 895. The zero-order chi connectivity index (χ0) is 19.1. The van der Waals surface area contributed by atoms with Gasteiger partial charge in [-0.25, -0.2) is 0 Å². The van der Waals surface area contributed by atoms with Crippen LogP contribution in [0, 0.1) is 0 Å². The van der Waals surface area contributed by atoms with Crippen molar-refractivity contribution in [3.05, 3.63) is 53.6 Å². The summed E-state index contributed by atoms with van der Waals surface area (Å²) in [6.07, 6.45) is 2.11. The molecule has 140 valence electrons.